The number of benzene rings is 2. The number of amides is 1. The molecule has 0 unspecified atom stereocenters. The van der Waals surface area contributed by atoms with E-state index in [0.717, 1.165) is 11.8 Å². The SMILES string of the molecule is CS(=O)(=O)Nc1ccc(Cl)c(C(=O)NCCc2ccc(Cl)cc2)c1. The van der Waals surface area contributed by atoms with Gasteiger partial charge in [-0.3, -0.25) is 9.52 Å². The van der Waals surface area contributed by atoms with Crippen molar-refractivity contribution in [1.82, 2.24) is 5.32 Å². The van der Waals surface area contributed by atoms with Gasteiger partial charge in [-0.1, -0.05) is 35.3 Å². The van der Waals surface area contributed by atoms with Crippen LogP contribution in [-0.4, -0.2) is 27.1 Å². The van der Waals surface area contributed by atoms with Crippen molar-refractivity contribution in [3.05, 3.63) is 63.6 Å². The molecule has 128 valence electrons. The van der Waals surface area contributed by atoms with E-state index in [1.165, 1.54) is 18.2 Å². The number of rotatable bonds is 6. The smallest absolute Gasteiger partial charge is 0.252 e. The van der Waals surface area contributed by atoms with E-state index in [1.54, 1.807) is 12.1 Å². The highest BCUT2D eigenvalue weighted by atomic mass is 35.5. The van der Waals surface area contributed by atoms with E-state index in [0.29, 0.717) is 18.0 Å². The monoisotopic (exact) mass is 386 g/mol. The largest absolute Gasteiger partial charge is 0.352 e. The Morgan fingerprint density at radius 3 is 2.38 bits per heavy atom. The molecule has 2 aromatic carbocycles. The fourth-order valence-electron chi connectivity index (χ4n) is 2.04. The molecule has 5 nitrogen and oxygen atoms in total. The van der Waals surface area contributed by atoms with Crippen LogP contribution in [0.3, 0.4) is 0 Å². The van der Waals surface area contributed by atoms with Crippen LogP contribution in [0.4, 0.5) is 5.69 Å². The Labute approximate surface area is 151 Å². The van der Waals surface area contributed by atoms with Gasteiger partial charge in [-0.15, -0.1) is 0 Å². The second kappa shape index (κ2) is 7.88. The first kappa shape index (κ1) is 18.6. The van der Waals surface area contributed by atoms with Crippen LogP contribution in [0.15, 0.2) is 42.5 Å². The van der Waals surface area contributed by atoms with Crippen molar-refractivity contribution in [2.75, 3.05) is 17.5 Å². The van der Waals surface area contributed by atoms with Crippen LogP contribution in [0, 0.1) is 0 Å². The van der Waals surface area contributed by atoms with Gasteiger partial charge < -0.3 is 5.32 Å². The first-order chi connectivity index (χ1) is 11.2. The van der Waals surface area contributed by atoms with Crippen molar-refractivity contribution in [3.8, 4) is 0 Å². The summed E-state index contributed by atoms with van der Waals surface area (Å²) in [5.74, 6) is -0.369. The van der Waals surface area contributed by atoms with Crippen LogP contribution in [0.1, 0.15) is 15.9 Å². The van der Waals surface area contributed by atoms with Crippen LogP contribution in [-0.2, 0) is 16.4 Å². The average Bonchev–Trinajstić information content (AvgIpc) is 2.49. The fraction of sp³-hybridized carbons (Fsp3) is 0.188. The summed E-state index contributed by atoms with van der Waals surface area (Å²) in [7, 11) is -3.42. The minimum absolute atomic E-state index is 0.210. The molecule has 2 rings (SSSR count). The van der Waals surface area contributed by atoms with E-state index in [-0.39, 0.29) is 22.2 Å². The number of hydrogen-bond acceptors (Lipinski definition) is 3. The Balaban J connectivity index is 2.01. The normalized spacial score (nSPS) is 11.1. The Bertz CT molecular complexity index is 837. The van der Waals surface area contributed by atoms with E-state index < -0.39 is 10.0 Å². The molecule has 0 atom stereocenters. The second-order valence-electron chi connectivity index (χ2n) is 5.20. The molecule has 0 aliphatic heterocycles. The molecule has 0 saturated carbocycles. The van der Waals surface area contributed by atoms with Crippen LogP contribution in [0.5, 0.6) is 0 Å². The maximum atomic E-state index is 12.2. The van der Waals surface area contributed by atoms with Gasteiger partial charge in [0.05, 0.1) is 16.8 Å². The molecular weight excluding hydrogens is 371 g/mol. The molecular formula is C16H16Cl2N2O3S. The molecule has 0 aliphatic rings. The lowest BCUT2D eigenvalue weighted by Gasteiger charge is -2.10. The first-order valence-corrected chi connectivity index (χ1v) is 9.69. The van der Waals surface area contributed by atoms with Crippen LogP contribution in [0.25, 0.3) is 0 Å². The maximum Gasteiger partial charge on any atom is 0.252 e. The molecule has 2 aromatic rings. The molecule has 24 heavy (non-hydrogen) atoms. The Morgan fingerprint density at radius 2 is 1.75 bits per heavy atom. The zero-order valence-corrected chi connectivity index (χ0v) is 15.2. The van der Waals surface area contributed by atoms with Gasteiger partial charge in [-0.2, -0.15) is 0 Å². The second-order valence-corrected chi connectivity index (χ2v) is 7.79. The van der Waals surface area contributed by atoms with Crippen molar-refractivity contribution in [3.63, 3.8) is 0 Å². The molecule has 2 N–H and O–H groups in total. The van der Waals surface area contributed by atoms with Gasteiger partial charge in [0.1, 0.15) is 0 Å². The lowest BCUT2D eigenvalue weighted by molar-refractivity contribution is 0.0954. The van der Waals surface area contributed by atoms with E-state index >= 15 is 0 Å². The minimum Gasteiger partial charge on any atom is -0.352 e. The summed E-state index contributed by atoms with van der Waals surface area (Å²) in [4.78, 5) is 12.2. The third-order valence-corrected chi connectivity index (χ3v) is 4.31. The molecule has 0 aromatic heterocycles. The number of sulfonamides is 1. The van der Waals surface area contributed by atoms with Gasteiger partial charge in [0.15, 0.2) is 0 Å². The predicted octanol–water partition coefficient (Wildman–Crippen LogP) is 3.34. The molecule has 0 heterocycles. The Hall–Kier alpha value is -1.76. The number of halogens is 2. The highest BCUT2D eigenvalue weighted by Crippen LogP contribution is 2.21. The Kier molecular flexibility index (Phi) is 6.10. The molecule has 0 bridgehead atoms. The third kappa shape index (κ3) is 5.70. The van der Waals surface area contributed by atoms with Gasteiger partial charge in [-0.25, -0.2) is 8.42 Å². The molecule has 0 fully saturated rings. The van der Waals surface area contributed by atoms with Crippen molar-refractivity contribution in [2.45, 2.75) is 6.42 Å². The lowest BCUT2D eigenvalue weighted by atomic mass is 10.1. The number of nitrogens with one attached hydrogen (secondary N) is 2. The van der Waals surface area contributed by atoms with Gasteiger partial charge in [0.25, 0.3) is 5.91 Å². The molecule has 0 spiro atoms. The van der Waals surface area contributed by atoms with Crippen LogP contribution < -0.4 is 10.0 Å². The standard InChI is InChI=1S/C16H16Cl2N2O3S/c1-24(22,23)20-13-6-7-15(18)14(10-13)16(21)19-9-8-11-2-4-12(17)5-3-11/h2-7,10,20H,8-9H2,1H3,(H,19,21). The zero-order chi connectivity index (χ0) is 17.7. The summed E-state index contributed by atoms with van der Waals surface area (Å²) in [5, 5.41) is 3.66. The van der Waals surface area contributed by atoms with Crippen molar-refractivity contribution in [2.24, 2.45) is 0 Å². The van der Waals surface area contributed by atoms with Crippen molar-refractivity contribution in [1.29, 1.82) is 0 Å². The van der Waals surface area contributed by atoms with E-state index in [1.807, 2.05) is 12.1 Å². The molecule has 8 heteroatoms. The van der Waals surface area contributed by atoms with Gasteiger partial charge in [0.2, 0.25) is 10.0 Å². The van der Waals surface area contributed by atoms with Gasteiger partial charge >= 0.3 is 0 Å². The Morgan fingerprint density at radius 1 is 1.08 bits per heavy atom. The molecule has 0 aliphatic carbocycles. The van der Waals surface area contributed by atoms with Crippen LogP contribution in [0.2, 0.25) is 10.0 Å². The summed E-state index contributed by atoms with van der Waals surface area (Å²) < 4.78 is 24.8. The summed E-state index contributed by atoms with van der Waals surface area (Å²) in [6.45, 7) is 0.417. The number of carbonyl (C=O) groups is 1. The topological polar surface area (TPSA) is 75.3 Å². The highest BCUT2D eigenvalue weighted by molar-refractivity contribution is 7.92. The lowest BCUT2D eigenvalue weighted by Crippen LogP contribution is -2.26. The minimum atomic E-state index is -3.42. The summed E-state index contributed by atoms with van der Waals surface area (Å²) in [5.41, 5.74) is 1.53. The number of carbonyl (C=O) groups excluding carboxylic acids is 1. The fourth-order valence-corrected chi connectivity index (χ4v) is 2.93. The van der Waals surface area contributed by atoms with Gasteiger partial charge in [0, 0.05) is 17.3 Å². The first-order valence-electron chi connectivity index (χ1n) is 7.04. The summed E-state index contributed by atoms with van der Waals surface area (Å²) >= 11 is 11.8. The zero-order valence-electron chi connectivity index (χ0n) is 12.8. The predicted molar refractivity (Wildman–Crippen MR) is 97.4 cm³/mol. The molecule has 1 amide bonds. The summed E-state index contributed by atoms with van der Waals surface area (Å²) in [6, 6.07) is 11.7. The number of hydrogen-bond donors (Lipinski definition) is 2. The molecule has 0 saturated heterocycles. The van der Waals surface area contributed by atoms with Crippen molar-refractivity contribution < 1.29 is 13.2 Å². The molecule has 0 radical (unpaired) electrons. The summed E-state index contributed by atoms with van der Waals surface area (Å²) in [6.07, 6.45) is 1.68. The van der Waals surface area contributed by atoms with Crippen molar-refractivity contribution >= 4 is 44.8 Å². The number of anilines is 1. The third-order valence-electron chi connectivity index (χ3n) is 3.13. The van der Waals surface area contributed by atoms with E-state index in [9.17, 15) is 13.2 Å². The highest BCUT2D eigenvalue weighted by Gasteiger charge is 2.12. The average molecular weight is 387 g/mol. The van der Waals surface area contributed by atoms with Crippen LogP contribution >= 0.6 is 23.2 Å². The van der Waals surface area contributed by atoms with E-state index in [4.69, 9.17) is 23.2 Å². The maximum absolute atomic E-state index is 12.2. The van der Waals surface area contributed by atoms with Gasteiger partial charge in [-0.05, 0) is 42.3 Å². The van der Waals surface area contributed by atoms with E-state index in [2.05, 4.69) is 10.0 Å². The quantitative estimate of drug-likeness (QED) is 0.799.